The molecule has 2 aliphatic rings. The van der Waals surface area contributed by atoms with Crippen LogP contribution in [0.3, 0.4) is 0 Å². The van der Waals surface area contributed by atoms with Crippen LogP contribution in [0.25, 0.3) is 0 Å². The van der Waals surface area contributed by atoms with E-state index in [2.05, 4.69) is 12.2 Å². The number of unbranched alkanes of at least 4 members (excludes halogenated alkanes) is 4. The largest absolute Gasteiger partial charge is 0.342 e. The Morgan fingerprint density at radius 2 is 1.89 bits per heavy atom. The fourth-order valence-corrected chi connectivity index (χ4v) is 2.57. The SMILES string of the molecule is CCCCCCCN1CC(=O)NC(C2CC2)C1=O. The number of carbonyl (C=O) groups excluding carboxylic acids is 2. The van der Waals surface area contributed by atoms with Gasteiger partial charge in [0.1, 0.15) is 6.04 Å². The van der Waals surface area contributed by atoms with Crippen molar-refractivity contribution in [3.63, 3.8) is 0 Å². The summed E-state index contributed by atoms with van der Waals surface area (Å²) < 4.78 is 0. The van der Waals surface area contributed by atoms with Crippen molar-refractivity contribution in [2.75, 3.05) is 13.1 Å². The fraction of sp³-hybridized carbons (Fsp3) is 0.857. The van der Waals surface area contributed by atoms with Crippen molar-refractivity contribution in [1.82, 2.24) is 10.2 Å². The number of carbonyl (C=O) groups is 2. The summed E-state index contributed by atoms with van der Waals surface area (Å²) in [5, 5.41) is 2.84. The molecule has 102 valence electrons. The highest BCUT2D eigenvalue weighted by atomic mass is 16.2. The first-order chi connectivity index (χ1) is 8.72. The normalized spacial score (nSPS) is 24.3. The van der Waals surface area contributed by atoms with Gasteiger partial charge in [0, 0.05) is 6.54 Å². The van der Waals surface area contributed by atoms with E-state index in [1.807, 2.05) is 0 Å². The minimum atomic E-state index is -0.220. The highest BCUT2D eigenvalue weighted by Gasteiger charge is 2.42. The van der Waals surface area contributed by atoms with Crippen LogP contribution in [0.1, 0.15) is 51.9 Å². The van der Waals surface area contributed by atoms with Crippen molar-refractivity contribution in [3.8, 4) is 0 Å². The summed E-state index contributed by atoms with van der Waals surface area (Å²) in [6, 6.07) is -0.220. The number of nitrogens with one attached hydrogen (secondary N) is 1. The van der Waals surface area contributed by atoms with E-state index in [0.717, 1.165) is 32.2 Å². The molecule has 1 saturated heterocycles. The van der Waals surface area contributed by atoms with E-state index in [1.54, 1.807) is 4.90 Å². The molecule has 1 aliphatic heterocycles. The lowest BCUT2D eigenvalue weighted by atomic mass is 10.1. The van der Waals surface area contributed by atoms with Crippen molar-refractivity contribution < 1.29 is 9.59 Å². The first kappa shape index (κ1) is 13.4. The Hall–Kier alpha value is -1.06. The van der Waals surface area contributed by atoms with Gasteiger partial charge >= 0.3 is 0 Å². The third kappa shape index (κ3) is 3.47. The number of piperazine rings is 1. The van der Waals surface area contributed by atoms with E-state index >= 15 is 0 Å². The zero-order valence-corrected chi connectivity index (χ0v) is 11.3. The maximum absolute atomic E-state index is 12.2. The van der Waals surface area contributed by atoms with E-state index in [0.29, 0.717) is 5.92 Å². The molecule has 1 heterocycles. The Morgan fingerprint density at radius 3 is 2.56 bits per heavy atom. The third-order valence-electron chi connectivity index (χ3n) is 3.85. The van der Waals surface area contributed by atoms with Crippen molar-refractivity contribution in [2.45, 2.75) is 57.9 Å². The third-order valence-corrected chi connectivity index (χ3v) is 3.85. The van der Waals surface area contributed by atoms with E-state index in [9.17, 15) is 9.59 Å². The quantitative estimate of drug-likeness (QED) is 0.701. The molecule has 0 aromatic carbocycles. The molecule has 0 spiro atoms. The van der Waals surface area contributed by atoms with Crippen LogP contribution in [-0.2, 0) is 9.59 Å². The molecular weight excluding hydrogens is 228 g/mol. The minimum Gasteiger partial charge on any atom is -0.342 e. The molecule has 0 aromatic heterocycles. The lowest BCUT2D eigenvalue weighted by Crippen LogP contribution is -2.58. The molecule has 1 N–H and O–H groups in total. The molecule has 2 rings (SSSR count). The molecule has 2 amide bonds. The summed E-state index contributed by atoms with van der Waals surface area (Å²) in [6.07, 6.45) is 8.08. The van der Waals surface area contributed by atoms with Gasteiger partial charge in [0.25, 0.3) is 0 Å². The van der Waals surface area contributed by atoms with Crippen LogP contribution >= 0.6 is 0 Å². The van der Waals surface area contributed by atoms with E-state index in [4.69, 9.17) is 0 Å². The maximum atomic E-state index is 12.2. The van der Waals surface area contributed by atoms with Gasteiger partial charge < -0.3 is 10.2 Å². The van der Waals surface area contributed by atoms with Gasteiger partial charge in [-0.15, -0.1) is 0 Å². The highest BCUT2D eigenvalue weighted by molar-refractivity contribution is 5.95. The van der Waals surface area contributed by atoms with E-state index in [-0.39, 0.29) is 24.4 Å². The topological polar surface area (TPSA) is 49.4 Å². The van der Waals surface area contributed by atoms with Crippen LogP contribution in [0, 0.1) is 5.92 Å². The van der Waals surface area contributed by atoms with Crippen molar-refractivity contribution in [2.24, 2.45) is 5.92 Å². The second-order valence-corrected chi connectivity index (χ2v) is 5.56. The lowest BCUT2D eigenvalue weighted by Gasteiger charge is -2.32. The average molecular weight is 252 g/mol. The summed E-state index contributed by atoms with van der Waals surface area (Å²) in [7, 11) is 0. The zero-order chi connectivity index (χ0) is 13.0. The lowest BCUT2D eigenvalue weighted by molar-refractivity contribution is -0.144. The van der Waals surface area contributed by atoms with Crippen LogP contribution in [0.2, 0.25) is 0 Å². The van der Waals surface area contributed by atoms with Crippen LogP contribution in [0.15, 0.2) is 0 Å². The fourth-order valence-electron chi connectivity index (χ4n) is 2.57. The molecule has 0 aromatic rings. The van der Waals surface area contributed by atoms with Gasteiger partial charge in [-0.25, -0.2) is 0 Å². The average Bonchev–Trinajstić information content (AvgIpc) is 3.17. The summed E-state index contributed by atoms with van der Waals surface area (Å²) in [5.41, 5.74) is 0. The van der Waals surface area contributed by atoms with Gasteiger partial charge in [-0.1, -0.05) is 32.6 Å². The molecule has 18 heavy (non-hydrogen) atoms. The number of nitrogens with zero attached hydrogens (tertiary/aromatic N) is 1. The summed E-state index contributed by atoms with van der Waals surface area (Å²) in [6.45, 7) is 3.20. The molecule has 2 fully saturated rings. The zero-order valence-electron chi connectivity index (χ0n) is 11.3. The molecular formula is C14H24N2O2. The van der Waals surface area contributed by atoms with Crippen LogP contribution in [0.5, 0.6) is 0 Å². The standard InChI is InChI=1S/C14H24N2O2/c1-2-3-4-5-6-9-16-10-12(17)15-13(14(16)18)11-7-8-11/h11,13H,2-10H2,1H3,(H,15,17). The summed E-state index contributed by atoms with van der Waals surface area (Å²) in [4.78, 5) is 25.5. The van der Waals surface area contributed by atoms with Crippen LogP contribution < -0.4 is 5.32 Å². The Kier molecular flexibility index (Phi) is 4.61. The van der Waals surface area contributed by atoms with Gasteiger partial charge in [0.05, 0.1) is 6.54 Å². The second kappa shape index (κ2) is 6.21. The van der Waals surface area contributed by atoms with Gasteiger partial charge in [0.2, 0.25) is 11.8 Å². The predicted molar refractivity (Wildman–Crippen MR) is 70.0 cm³/mol. The molecule has 1 aliphatic carbocycles. The Labute approximate surface area is 109 Å². The van der Waals surface area contributed by atoms with Crippen LogP contribution in [0.4, 0.5) is 0 Å². The van der Waals surface area contributed by atoms with E-state index in [1.165, 1.54) is 19.3 Å². The molecule has 1 unspecified atom stereocenters. The van der Waals surface area contributed by atoms with Gasteiger partial charge in [-0.05, 0) is 25.2 Å². The monoisotopic (exact) mass is 252 g/mol. The van der Waals surface area contributed by atoms with Crippen LogP contribution in [-0.4, -0.2) is 35.8 Å². The first-order valence-electron chi connectivity index (χ1n) is 7.30. The Bertz CT molecular complexity index is 313. The second-order valence-electron chi connectivity index (χ2n) is 5.56. The highest BCUT2D eigenvalue weighted by Crippen LogP contribution is 2.34. The van der Waals surface area contributed by atoms with Crippen molar-refractivity contribution in [3.05, 3.63) is 0 Å². The number of hydrogen-bond acceptors (Lipinski definition) is 2. The minimum absolute atomic E-state index is 0.0139. The summed E-state index contributed by atoms with van der Waals surface area (Å²) in [5.74, 6) is 0.567. The first-order valence-corrected chi connectivity index (χ1v) is 7.30. The van der Waals surface area contributed by atoms with Gasteiger partial charge in [0.15, 0.2) is 0 Å². The van der Waals surface area contributed by atoms with E-state index < -0.39 is 0 Å². The van der Waals surface area contributed by atoms with Gasteiger partial charge in [-0.2, -0.15) is 0 Å². The molecule has 0 radical (unpaired) electrons. The Balaban J connectivity index is 1.75. The molecule has 4 nitrogen and oxygen atoms in total. The van der Waals surface area contributed by atoms with Crippen molar-refractivity contribution >= 4 is 11.8 Å². The number of hydrogen-bond donors (Lipinski definition) is 1. The molecule has 0 bridgehead atoms. The predicted octanol–water partition coefficient (Wildman–Crippen LogP) is 1.69. The Morgan fingerprint density at radius 1 is 1.17 bits per heavy atom. The molecule has 1 saturated carbocycles. The molecule has 4 heteroatoms. The van der Waals surface area contributed by atoms with Gasteiger partial charge in [-0.3, -0.25) is 9.59 Å². The maximum Gasteiger partial charge on any atom is 0.245 e. The summed E-state index contributed by atoms with van der Waals surface area (Å²) >= 11 is 0. The number of amides is 2. The smallest absolute Gasteiger partial charge is 0.245 e. The number of rotatable bonds is 7. The van der Waals surface area contributed by atoms with Crippen molar-refractivity contribution in [1.29, 1.82) is 0 Å². The molecule has 1 atom stereocenters.